The van der Waals surface area contributed by atoms with Crippen LogP contribution in [0, 0.1) is 11.8 Å². The molecule has 24 heavy (non-hydrogen) atoms. The minimum absolute atomic E-state index is 0. The molecule has 1 aromatic heterocycles. The number of anilines is 1. The molecule has 2 heterocycles. The highest BCUT2D eigenvalue weighted by molar-refractivity contribution is 14.0. The quantitative estimate of drug-likeness (QED) is 0.431. The molecule has 0 radical (unpaired) electrons. The van der Waals surface area contributed by atoms with Crippen LogP contribution >= 0.6 is 24.0 Å². The number of hydrogen-bond acceptors (Lipinski definition) is 3. The van der Waals surface area contributed by atoms with Gasteiger partial charge in [0.25, 0.3) is 0 Å². The summed E-state index contributed by atoms with van der Waals surface area (Å²) >= 11 is 0. The lowest BCUT2D eigenvalue weighted by Crippen LogP contribution is -2.55. The second kappa shape index (κ2) is 8.17. The van der Waals surface area contributed by atoms with Gasteiger partial charge in [-0.3, -0.25) is 14.5 Å². The first-order chi connectivity index (χ1) is 11.1. The number of carbonyl (C=O) groups excluding carboxylic acids is 1. The van der Waals surface area contributed by atoms with Crippen LogP contribution in [0.5, 0.6) is 0 Å². The van der Waals surface area contributed by atoms with E-state index < -0.39 is 0 Å². The van der Waals surface area contributed by atoms with Gasteiger partial charge in [-0.2, -0.15) is 5.10 Å². The van der Waals surface area contributed by atoms with Crippen LogP contribution in [-0.2, 0) is 11.8 Å². The van der Waals surface area contributed by atoms with E-state index in [0.29, 0.717) is 13.1 Å². The van der Waals surface area contributed by atoms with Crippen molar-refractivity contribution in [1.29, 1.82) is 0 Å². The van der Waals surface area contributed by atoms with Crippen molar-refractivity contribution < 1.29 is 4.79 Å². The molecule has 1 N–H and O–H groups in total. The van der Waals surface area contributed by atoms with Gasteiger partial charge in [-0.1, -0.05) is 6.92 Å². The predicted octanol–water partition coefficient (Wildman–Crippen LogP) is 1.31. The van der Waals surface area contributed by atoms with Gasteiger partial charge in [0.15, 0.2) is 5.96 Å². The van der Waals surface area contributed by atoms with E-state index in [1.165, 1.54) is 6.42 Å². The van der Waals surface area contributed by atoms with Crippen molar-refractivity contribution in [3.05, 3.63) is 12.4 Å². The zero-order valence-corrected chi connectivity index (χ0v) is 16.9. The van der Waals surface area contributed by atoms with Gasteiger partial charge in [0.1, 0.15) is 6.54 Å². The molecular weight excluding hydrogens is 419 g/mol. The number of nitrogens with zero attached hydrogens (tertiary/aromatic N) is 5. The number of halogens is 1. The van der Waals surface area contributed by atoms with Crippen LogP contribution in [0.25, 0.3) is 0 Å². The summed E-state index contributed by atoms with van der Waals surface area (Å²) in [7, 11) is 1.86. The van der Waals surface area contributed by atoms with E-state index in [1.807, 2.05) is 13.2 Å². The molecule has 1 aromatic rings. The Morgan fingerprint density at radius 1 is 1.46 bits per heavy atom. The number of piperazine rings is 1. The largest absolute Gasteiger partial charge is 0.357 e. The first-order valence-electron chi connectivity index (χ1n) is 8.40. The number of guanidine groups is 1. The number of aromatic nitrogens is 2. The minimum Gasteiger partial charge on any atom is -0.357 e. The Labute approximate surface area is 160 Å². The van der Waals surface area contributed by atoms with Crippen LogP contribution < -0.4 is 10.2 Å². The van der Waals surface area contributed by atoms with Crippen molar-refractivity contribution in [3.8, 4) is 0 Å². The van der Waals surface area contributed by atoms with Crippen molar-refractivity contribution in [2.75, 3.05) is 37.6 Å². The Balaban J connectivity index is 0.00000208. The molecule has 2 aliphatic rings. The molecule has 2 unspecified atom stereocenters. The minimum atomic E-state index is 0. The average molecular weight is 446 g/mol. The summed E-state index contributed by atoms with van der Waals surface area (Å²) in [5.74, 6) is 2.47. The lowest BCUT2D eigenvalue weighted by Gasteiger charge is -2.35. The fraction of sp³-hybridized carbons (Fsp3) is 0.688. The van der Waals surface area contributed by atoms with Crippen molar-refractivity contribution in [2.24, 2.45) is 23.9 Å². The monoisotopic (exact) mass is 446 g/mol. The molecule has 8 heteroatoms. The first kappa shape index (κ1) is 19.0. The van der Waals surface area contributed by atoms with Crippen LogP contribution in [-0.4, -0.2) is 59.3 Å². The number of hydrogen-bond donors (Lipinski definition) is 1. The number of rotatable bonds is 4. The van der Waals surface area contributed by atoms with Crippen molar-refractivity contribution in [3.63, 3.8) is 0 Å². The second-order valence-electron chi connectivity index (χ2n) is 6.51. The fourth-order valence-electron chi connectivity index (χ4n) is 2.96. The number of aliphatic imine (C=N–C) groups is 1. The lowest BCUT2D eigenvalue weighted by atomic mass is 10.3. The third-order valence-electron chi connectivity index (χ3n) is 4.61. The van der Waals surface area contributed by atoms with Crippen LogP contribution in [0.3, 0.4) is 0 Å². The summed E-state index contributed by atoms with van der Waals surface area (Å²) in [6.45, 7) is 7.81. The molecule has 7 nitrogen and oxygen atoms in total. The van der Waals surface area contributed by atoms with E-state index >= 15 is 0 Å². The summed E-state index contributed by atoms with van der Waals surface area (Å²) in [5, 5.41) is 7.46. The first-order valence-corrected chi connectivity index (χ1v) is 8.40. The van der Waals surface area contributed by atoms with E-state index in [9.17, 15) is 4.79 Å². The van der Waals surface area contributed by atoms with E-state index in [-0.39, 0.29) is 29.9 Å². The van der Waals surface area contributed by atoms with Gasteiger partial charge in [-0.15, -0.1) is 24.0 Å². The predicted molar refractivity (Wildman–Crippen MR) is 106 cm³/mol. The third-order valence-corrected chi connectivity index (χ3v) is 4.61. The Hall–Kier alpha value is -1.32. The normalized spacial score (nSPS) is 24.0. The van der Waals surface area contributed by atoms with Gasteiger partial charge >= 0.3 is 0 Å². The topological polar surface area (TPSA) is 65.8 Å². The Kier molecular flexibility index (Phi) is 6.47. The highest BCUT2D eigenvalue weighted by Crippen LogP contribution is 2.37. The molecule has 2 fully saturated rings. The molecule has 0 aromatic carbocycles. The van der Waals surface area contributed by atoms with Gasteiger partial charge in [-0.25, -0.2) is 0 Å². The fourth-order valence-corrected chi connectivity index (χ4v) is 2.96. The highest BCUT2D eigenvalue weighted by atomic mass is 127. The summed E-state index contributed by atoms with van der Waals surface area (Å²) in [5.41, 5.74) is 0.867. The van der Waals surface area contributed by atoms with Crippen molar-refractivity contribution in [2.45, 2.75) is 20.3 Å². The molecule has 1 saturated carbocycles. The van der Waals surface area contributed by atoms with E-state index in [0.717, 1.165) is 43.1 Å². The summed E-state index contributed by atoms with van der Waals surface area (Å²) in [4.78, 5) is 21.1. The molecule has 1 aliphatic carbocycles. The maximum Gasteiger partial charge on any atom is 0.246 e. The smallest absolute Gasteiger partial charge is 0.246 e. The maximum atomic E-state index is 12.5. The van der Waals surface area contributed by atoms with Crippen molar-refractivity contribution in [1.82, 2.24) is 20.0 Å². The average Bonchev–Trinajstić information content (AvgIpc) is 3.06. The van der Waals surface area contributed by atoms with Gasteiger partial charge in [0, 0.05) is 39.4 Å². The van der Waals surface area contributed by atoms with E-state index in [2.05, 4.69) is 29.2 Å². The molecule has 0 spiro atoms. The zero-order chi connectivity index (χ0) is 16.4. The molecule has 1 amide bonds. The Bertz CT molecular complexity index is 601. The third kappa shape index (κ3) is 4.40. The molecule has 0 bridgehead atoms. The van der Waals surface area contributed by atoms with Gasteiger partial charge in [0.05, 0.1) is 11.9 Å². The van der Waals surface area contributed by atoms with Gasteiger partial charge in [0.2, 0.25) is 5.91 Å². The van der Waals surface area contributed by atoms with E-state index in [4.69, 9.17) is 4.99 Å². The van der Waals surface area contributed by atoms with Crippen molar-refractivity contribution >= 4 is 41.5 Å². The highest BCUT2D eigenvalue weighted by Gasteiger charge is 2.33. The summed E-state index contributed by atoms with van der Waals surface area (Å²) in [6.07, 6.45) is 4.89. The van der Waals surface area contributed by atoms with Crippen LogP contribution in [0.1, 0.15) is 20.3 Å². The molecule has 3 rings (SSSR count). The molecule has 134 valence electrons. The zero-order valence-electron chi connectivity index (χ0n) is 14.6. The Morgan fingerprint density at radius 2 is 2.21 bits per heavy atom. The Morgan fingerprint density at radius 3 is 2.75 bits per heavy atom. The van der Waals surface area contributed by atoms with Crippen LogP contribution in [0.15, 0.2) is 17.4 Å². The standard InChI is InChI=1S/C16H26N6O.HI/c1-4-17-16(18-8-13-7-12(13)2)21-5-6-22(15(23)11-21)14-9-19-20(3)10-14;/h9-10,12-13H,4-8,11H2,1-3H3,(H,17,18);1H. The van der Waals surface area contributed by atoms with Crippen LogP contribution in [0.2, 0.25) is 0 Å². The van der Waals surface area contributed by atoms with E-state index in [1.54, 1.807) is 15.8 Å². The maximum absolute atomic E-state index is 12.5. The molecule has 2 atom stereocenters. The van der Waals surface area contributed by atoms with Gasteiger partial charge in [-0.05, 0) is 25.2 Å². The lowest BCUT2D eigenvalue weighted by molar-refractivity contribution is -0.120. The number of amides is 1. The second-order valence-corrected chi connectivity index (χ2v) is 6.51. The van der Waals surface area contributed by atoms with Gasteiger partial charge < -0.3 is 15.1 Å². The SMILES string of the molecule is CCNC(=NCC1CC1C)N1CCN(c2cnn(C)c2)C(=O)C1.I. The number of nitrogens with one attached hydrogen (secondary N) is 1. The molecule has 1 saturated heterocycles. The number of carbonyl (C=O) groups is 1. The summed E-state index contributed by atoms with van der Waals surface area (Å²) < 4.78 is 1.72. The van der Waals surface area contributed by atoms with Crippen LogP contribution in [0.4, 0.5) is 5.69 Å². The summed E-state index contributed by atoms with van der Waals surface area (Å²) in [6, 6.07) is 0. The molecular formula is C16H27IN6O. The number of aryl methyl sites for hydroxylation is 1. The molecule has 1 aliphatic heterocycles.